The SMILES string of the molecule is CC1(C)CCCC(C)(C)N1OCC1COc2ccnc(C(=O)Nc3ccccc3)c21. The molecule has 2 aromatic rings. The maximum Gasteiger partial charge on any atom is 0.274 e. The van der Waals surface area contributed by atoms with Crippen LogP contribution in [-0.2, 0) is 4.84 Å². The predicted octanol–water partition coefficient (Wildman–Crippen LogP) is 4.78. The van der Waals surface area contributed by atoms with Crippen molar-refractivity contribution in [2.75, 3.05) is 18.5 Å². The Balaban J connectivity index is 1.53. The topological polar surface area (TPSA) is 63.7 Å². The highest BCUT2D eigenvalue weighted by Gasteiger charge is 2.43. The number of hydrogen-bond donors (Lipinski definition) is 1. The van der Waals surface area contributed by atoms with E-state index in [9.17, 15) is 4.79 Å². The van der Waals surface area contributed by atoms with Crippen molar-refractivity contribution in [1.82, 2.24) is 10.0 Å². The number of amides is 1. The first-order valence-electron chi connectivity index (χ1n) is 10.7. The van der Waals surface area contributed by atoms with Gasteiger partial charge in [0.1, 0.15) is 11.4 Å². The molecule has 0 bridgehead atoms. The quantitative estimate of drug-likeness (QED) is 0.770. The monoisotopic (exact) mass is 409 g/mol. The molecule has 160 valence electrons. The van der Waals surface area contributed by atoms with E-state index in [2.05, 4.69) is 43.1 Å². The fraction of sp³-hybridized carbons (Fsp3) is 0.500. The highest BCUT2D eigenvalue weighted by Crippen LogP contribution is 2.41. The molecule has 1 saturated heterocycles. The minimum atomic E-state index is -0.229. The van der Waals surface area contributed by atoms with Crippen molar-refractivity contribution < 1.29 is 14.4 Å². The molecular formula is C24H31N3O3. The summed E-state index contributed by atoms with van der Waals surface area (Å²) in [6, 6.07) is 11.2. The smallest absolute Gasteiger partial charge is 0.274 e. The van der Waals surface area contributed by atoms with Crippen LogP contribution >= 0.6 is 0 Å². The summed E-state index contributed by atoms with van der Waals surface area (Å²) in [4.78, 5) is 23.7. The maximum absolute atomic E-state index is 13.0. The number of carbonyl (C=O) groups is 1. The van der Waals surface area contributed by atoms with E-state index in [1.165, 1.54) is 6.42 Å². The Labute approximate surface area is 178 Å². The molecule has 0 aliphatic carbocycles. The van der Waals surface area contributed by atoms with Crippen molar-refractivity contribution in [2.45, 2.75) is 64.0 Å². The second-order valence-corrected chi connectivity index (χ2v) is 9.47. The minimum Gasteiger partial charge on any atom is -0.492 e. The van der Waals surface area contributed by atoms with Crippen LogP contribution in [0.25, 0.3) is 0 Å². The Morgan fingerprint density at radius 1 is 1.17 bits per heavy atom. The van der Waals surface area contributed by atoms with E-state index in [0.717, 1.165) is 24.1 Å². The molecule has 1 unspecified atom stereocenters. The number of pyridine rings is 1. The number of carbonyl (C=O) groups excluding carboxylic acids is 1. The summed E-state index contributed by atoms with van der Waals surface area (Å²) in [6.07, 6.45) is 5.02. The van der Waals surface area contributed by atoms with E-state index < -0.39 is 0 Å². The number of nitrogens with zero attached hydrogens (tertiary/aromatic N) is 2. The molecule has 1 aromatic heterocycles. The molecule has 1 aromatic carbocycles. The molecular weight excluding hydrogens is 378 g/mol. The standard InChI is InChI=1S/C24H31N3O3/c1-23(2)12-8-13-24(3,4)27(23)30-16-17-15-29-19-11-14-25-21(20(17)19)22(28)26-18-9-6-5-7-10-18/h5-7,9-11,14,17H,8,12-13,15-16H2,1-4H3,(H,26,28). The largest absolute Gasteiger partial charge is 0.492 e. The van der Waals surface area contributed by atoms with Crippen molar-refractivity contribution in [2.24, 2.45) is 0 Å². The van der Waals surface area contributed by atoms with Crippen LogP contribution in [-0.4, -0.2) is 40.2 Å². The van der Waals surface area contributed by atoms with Gasteiger partial charge in [-0.1, -0.05) is 18.2 Å². The van der Waals surface area contributed by atoms with Crippen LogP contribution in [0.1, 0.15) is 68.9 Å². The minimum absolute atomic E-state index is 0.0352. The maximum atomic E-state index is 13.0. The van der Waals surface area contributed by atoms with E-state index in [4.69, 9.17) is 9.57 Å². The summed E-state index contributed by atoms with van der Waals surface area (Å²) in [7, 11) is 0. The summed E-state index contributed by atoms with van der Waals surface area (Å²) in [5.74, 6) is 0.444. The average Bonchev–Trinajstić information content (AvgIpc) is 3.10. The number of aromatic nitrogens is 1. The van der Waals surface area contributed by atoms with Gasteiger partial charge in [0.15, 0.2) is 0 Å². The molecule has 1 fully saturated rings. The first-order chi connectivity index (χ1) is 14.3. The van der Waals surface area contributed by atoms with Crippen LogP contribution in [0.5, 0.6) is 5.75 Å². The Hall–Kier alpha value is -2.44. The van der Waals surface area contributed by atoms with Gasteiger partial charge in [-0.3, -0.25) is 14.6 Å². The van der Waals surface area contributed by atoms with E-state index in [1.54, 1.807) is 6.20 Å². The van der Waals surface area contributed by atoms with Gasteiger partial charge in [-0.25, -0.2) is 0 Å². The zero-order valence-electron chi connectivity index (χ0n) is 18.3. The van der Waals surface area contributed by atoms with E-state index in [-0.39, 0.29) is 22.9 Å². The lowest BCUT2D eigenvalue weighted by Crippen LogP contribution is -2.58. The summed E-state index contributed by atoms with van der Waals surface area (Å²) in [6.45, 7) is 9.86. The molecule has 1 N–H and O–H groups in total. The second-order valence-electron chi connectivity index (χ2n) is 9.47. The highest BCUT2D eigenvalue weighted by atomic mass is 16.7. The van der Waals surface area contributed by atoms with Gasteiger partial charge in [0.25, 0.3) is 5.91 Å². The zero-order chi connectivity index (χ0) is 21.4. The molecule has 2 aliphatic rings. The lowest BCUT2D eigenvalue weighted by Gasteiger charge is -2.51. The van der Waals surface area contributed by atoms with Crippen LogP contribution in [0.2, 0.25) is 0 Å². The first kappa shape index (κ1) is 20.8. The van der Waals surface area contributed by atoms with Gasteiger partial charge >= 0.3 is 0 Å². The van der Waals surface area contributed by atoms with Gasteiger partial charge in [0, 0.05) is 34.4 Å². The van der Waals surface area contributed by atoms with Crippen LogP contribution in [0.15, 0.2) is 42.6 Å². The van der Waals surface area contributed by atoms with Gasteiger partial charge in [0.2, 0.25) is 0 Å². The van der Waals surface area contributed by atoms with Gasteiger partial charge in [-0.2, -0.15) is 5.06 Å². The molecule has 4 rings (SSSR count). The van der Waals surface area contributed by atoms with Gasteiger partial charge in [-0.15, -0.1) is 0 Å². The number of fused-ring (bicyclic) bond motifs is 1. The third-order valence-electron chi connectivity index (χ3n) is 6.13. The summed E-state index contributed by atoms with van der Waals surface area (Å²) in [5, 5.41) is 5.09. The molecule has 3 heterocycles. The van der Waals surface area contributed by atoms with Crippen LogP contribution in [0, 0.1) is 0 Å². The highest BCUT2D eigenvalue weighted by molar-refractivity contribution is 6.04. The van der Waals surface area contributed by atoms with E-state index in [0.29, 0.717) is 24.7 Å². The Bertz CT molecular complexity index is 895. The van der Waals surface area contributed by atoms with Gasteiger partial charge in [0.05, 0.1) is 13.2 Å². The number of hydroxylamine groups is 2. The average molecular weight is 410 g/mol. The van der Waals surface area contributed by atoms with Gasteiger partial charge in [-0.05, 0) is 65.2 Å². The molecule has 30 heavy (non-hydrogen) atoms. The van der Waals surface area contributed by atoms with Crippen molar-refractivity contribution in [3.8, 4) is 5.75 Å². The number of anilines is 1. The molecule has 1 amide bonds. The van der Waals surface area contributed by atoms with E-state index >= 15 is 0 Å². The number of para-hydroxylation sites is 1. The molecule has 1 atom stereocenters. The van der Waals surface area contributed by atoms with Crippen LogP contribution in [0.3, 0.4) is 0 Å². The fourth-order valence-electron chi connectivity index (χ4n) is 4.76. The van der Waals surface area contributed by atoms with Crippen molar-refractivity contribution in [3.05, 3.63) is 53.9 Å². The number of piperidine rings is 1. The number of nitrogens with one attached hydrogen (secondary N) is 1. The summed E-state index contributed by atoms with van der Waals surface area (Å²) < 4.78 is 5.88. The van der Waals surface area contributed by atoms with Crippen LogP contribution in [0.4, 0.5) is 5.69 Å². The Morgan fingerprint density at radius 2 is 1.87 bits per heavy atom. The number of rotatable bonds is 5. The van der Waals surface area contributed by atoms with Gasteiger partial charge < -0.3 is 10.1 Å². The lowest BCUT2D eigenvalue weighted by atomic mass is 9.82. The molecule has 6 nitrogen and oxygen atoms in total. The van der Waals surface area contributed by atoms with Crippen LogP contribution < -0.4 is 10.1 Å². The predicted molar refractivity (Wildman–Crippen MR) is 117 cm³/mol. The zero-order valence-corrected chi connectivity index (χ0v) is 18.3. The third kappa shape index (κ3) is 4.07. The molecule has 2 aliphatic heterocycles. The summed E-state index contributed by atoms with van der Waals surface area (Å²) in [5.41, 5.74) is 1.91. The first-order valence-corrected chi connectivity index (χ1v) is 10.7. The molecule has 0 spiro atoms. The second kappa shape index (κ2) is 8.00. The Kier molecular flexibility index (Phi) is 5.55. The number of benzene rings is 1. The number of hydrogen-bond acceptors (Lipinski definition) is 5. The molecule has 6 heteroatoms. The molecule has 0 radical (unpaired) electrons. The van der Waals surface area contributed by atoms with Crippen molar-refractivity contribution in [1.29, 1.82) is 0 Å². The molecule has 0 saturated carbocycles. The van der Waals surface area contributed by atoms with E-state index in [1.807, 2.05) is 36.4 Å². The summed E-state index contributed by atoms with van der Waals surface area (Å²) >= 11 is 0. The number of ether oxygens (including phenoxy) is 1. The third-order valence-corrected chi connectivity index (χ3v) is 6.13. The van der Waals surface area contributed by atoms with Crippen molar-refractivity contribution >= 4 is 11.6 Å². The Morgan fingerprint density at radius 3 is 2.57 bits per heavy atom. The fourth-order valence-corrected chi connectivity index (χ4v) is 4.76. The van der Waals surface area contributed by atoms with Crippen molar-refractivity contribution in [3.63, 3.8) is 0 Å². The normalized spacial score (nSPS) is 22.2. The lowest BCUT2D eigenvalue weighted by molar-refractivity contribution is -0.283.